The van der Waals surface area contributed by atoms with Crippen molar-refractivity contribution >= 4 is 23.6 Å². The zero-order valence-electron chi connectivity index (χ0n) is 65.9. The molecule has 50 atom stereocenters. The summed E-state index contributed by atoms with van der Waals surface area (Å²) in [7, 11) is 0. The third-order valence-corrected chi connectivity index (χ3v) is 22.5. The Labute approximate surface area is 695 Å². The molecule has 0 spiro atoms. The van der Waals surface area contributed by atoms with Crippen molar-refractivity contribution in [3.05, 3.63) is 0 Å². The highest BCUT2D eigenvalue weighted by molar-refractivity contribution is 5.74. The molecule has 10 rings (SSSR count). The molecular weight excluding hydrogens is 1690 g/mol. The van der Waals surface area contributed by atoms with Gasteiger partial charge in [0.25, 0.3) is 0 Å². The fourth-order valence-corrected chi connectivity index (χ4v) is 15.9. The van der Waals surface area contributed by atoms with E-state index >= 15 is 0 Å². The summed E-state index contributed by atoms with van der Waals surface area (Å²) >= 11 is 0. The van der Waals surface area contributed by atoms with Gasteiger partial charge in [0.05, 0.1) is 66.1 Å². The Morgan fingerprint density at radius 3 is 0.829 bits per heavy atom. The number of rotatable bonds is 32. The number of hydrogen-bond acceptors (Lipinski definition) is 51. The van der Waals surface area contributed by atoms with Crippen molar-refractivity contribution < 1.29 is 252 Å². The Morgan fingerprint density at radius 2 is 0.447 bits per heavy atom. The molecule has 10 aliphatic rings. The third-order valence-electron chi connectivity index (χ3n) is 22.5. The molecule has 10 fully saturated rings. The second-order valence-corrected chi connectivity index (χ2v) is 31.0. The van der Waals surface area contributed by atoms with Crippen LogP contribution in [-0.4, -0.2) is 539 Å². The average Bonchev–Trinajstić information content (AvgIpc) is 0.766. The van der Waals surface area contributed by atoms with E-state index in [1.165, 1.54) is 0 Å². The molecule has 10 aliphatic heterocycles. The van der Waals surface area contributed by atoms with E-state index in [1.54, 1.807) is 0 Å². The average molecular weight is 1800 g/mol. The van der Waals surface area contributed by atoms with Crippen molar-refractivity contribution in [2.75, 3.05) is 66.1 Å². The molecule has 55 heteroatoms. The van der Waals surface area contributed by atoms with Crippen LogP contribution in [0.3, 0.4) is 0 Å². The lowest BCUT2D eigenvalue weighted by molar-refractivity contribution is -0.404. The molecule has 123 heavy (non-hydrogen) atoms. The van der Waals surface area contributed by atoms with Gasteiger partial charge in [0.2, 0.25) is 23.6 Å². The minimum Gasteiger partial charge on any atom is -0.394 e. The molecule has 10 heterocycles. The summed E-state index contributed by atoms with van der Waals surface area (Å²) in [6.07, 6.45) is -98.4. The Morgan fingerprint density at radius 1 is 0.211 bits per heavy atom. The minimum absolute atomic E-state index is 0.811. The Bertz CT molecular complexity index is 3310. The third kappa shape index (κ3) is 22.4. The number of carbonyl (C=O) groups is 4. The smallest absolute Gasteiger partial charge is 0.217 e. The van der Waals surface area contributed by atoms with Crippen LogP contribution in [0.4, 0.5) is 0 Å². The normalized spacial score (nSPS) is 49.4. The fraction of sp³-hybridized carbons (Fsp3) is 0.941. The summed E-state index contributed by atoms with van der Waals surface area (Å²) in [5.74, 6) is -3.73. The van der Waals surface area contributed by atoms with Crippen LogP contribution in [0.2, 0.25) is 0 Å². The Hall–Kier alpha value is -4.00. The van der Waals surface area contributed by atoms with Crippen LogP contribution in [0.25, 0.3) is 0 Å². The molecule has 0 radical (unpaired) electrons. The fourth-order valence-electron chi connectivity index (χ4n) is 15.9. The highest BCUT2D eigenvalue weighted by Gasteiger charge is 2.62. The quantitative estimate of drug-likeness (QED) is 0.0297. The molecule has 712 valence electrons. The van der Waals surface area contributed by atoms with Gasteiger partial charge in [-0.2, -0.15) is 0 Å². The Kier molecular flexibility index (Phi) is 36.4. The van der Waals surface area contributed by atoms with Crippen molar-refractivity contribution in [2.45, 2.75) is 335 Å². The van der Waals surface area contributed by atoms with E-state index in [4.69, 9.17) is 90.0 Å². The number of nitrogens with one attached hydrogen (secondary N) is 4. The molecule has 32 N–H and O–H groups in total. The van der Waals surface area contributed by atoms with Crippen molar-refractivity contribution in [3.63, 3.8) is 0 Å². The molecule has 55 nitrogen and oxygen atoms in total. The van der Waals surface area contributed by atoms with Gasteiger partial charge in [-0.05, 0) is 0 Å². The molecule has 4 amide bonds. The first-order valence-electron chi connectivity index (χ1n) is 39.1. The van der Waals surface area contributed by atoms with Crippen LogP contribution >= 0.6 is 0 Å². The lowest BCUT2D eigenvalue weighted by Crippen LogP contribution is -2.71. The van der Waals surface area contributed by atoms with E-state index in [2.05, 4.69) is 21.3 Å². The standard InChI is InChI=1S/C68H114N4O51/c1-15(81)69-29-40(92)52(23(9-77)107-59(29)104)117-61-31(71-17(3)83)42(94)54(25(11-79)112-61)120-67-51(103)57(38(90)28(116-67)14-106-64-50(102)56(121-66-48(100)45(97)36(88)22(8-76)111-66)37(89)27(115-64)13-105-63-46(98)43(95)34(86)20(6-74)109-63)122-68-58(123-60-30(70-16(2)82)39(91)33(85)19(5-73)108-60)49(101)55(26(12-80)114-68)118-62-32(72-18(4)84)41(93)53(24(10-78)113-62)119-65-47(99)44(96)35(87)21(7-75)110-65/h19-68,73-80,85-104H,5-14H2,1-4H3,(H,69,81)(H,70,82)(H,71,83)(H,72,84)/t19-,20-,21-,22-,23-,24-,25-,26-,27-,28-,29-,30-,31-,32-,33-,34-,35+,36-,37-,38-,39-,40-,41-,42-,43+,44+,45+,46+,47-,48+,49+,50+,51-,52-,53-,54-,55-,56+,57+,58+,59?,60+,61+,62+,63+,64+,65+,66-,67+,68-/m1/s1. The molecule has 10 saturated heterocycles. The molecule has 0 bridgehead atoms. The lowest BCUT2D eigenvalue weighted by atomic mass is 9.93. The topological polar surface area (TPSA) is 858 Å². The van der Waals surface area contributed by atoms with Gasteiger partial charge < -0.3 is 254 Å². The maximum atomic E-state index is 13.1. The van der Waals surface area contributed by atoms with Gasteiger partial charge in [0.1, 0.15) is 244 Å². The monoisotopic (exact) mass is 1800 g/mol. The summed E-state index contributed by atoms with van der Waals surface area (Å²) in [5.41, 5.74) is 0. The van der Waals surface area contributed by atoms with Gasteiger partial charge in [-0.3, -0.25) is 19.2 Å². The largest absolute Gasteiger partial charge is 0.394 e. The summed E-state index contributed by atoms with van der Waals surface area (Å²) in [6, 6.07) is -7.60. The molecule has 0 aromatic carbocycles. The van der Waals surface area contributed by atoms with E-state index < -0.39 is 397 Å². The first-order chi connectivity index (χ1) is 58.2. The van der Waals surface area contributed by atoms with Crippen LogP contribution in [0, 0.1) is 0 Å². The van der Waals surface area contributed by atoms with Crippen molar-refractivity contribution in [1.29, 1.82) is 0 Å². The second kappa shape index (κ2) is 44.3. The van der Waals surface area contributed by atoms with E-state index in [1.807, 2.05) is 0 Å². The van der Waals surface area contributed by atoms with Crippen molar-refractivity contribution in [1.82, 2.24) is 21.3 Å². The highest BCUT2D eigenvalue weighted by Crippen LogP contribution is 2.41. The molecular formula is C68H114N4O51. The zero-order valence-corrected chi connectivity index (χ0v) is 65.9. The first kappa shape index (κ1) is 101. The molecule has 0 aliphatic carbocycles. The van der Waals surface area contributed by atoms with Gasteiger partial charge in [-0.25, -0.2) is 0 Å². The molecule has 0 saturated carbocycles. The summed E-state index contributed by atoms with van der Waals surface area (Å²) in [5, 5.41) is 322. The summed E-state index contributed by atoms with van der Waals surface area (Å²) in [6.45, 7) is -7.48. The second-order valence-electron chi connectivity index (χ2n) is 31.0. The van der Waals surface area contributed by atoms with Gasteiger partial charge in [0.15, 0.2) is 62.9 Å². The van der Waals surface area contributed by atoms with Crippen LogP contribution in [0.5, 0.6) is 0 Å². The van der Waals surface area contributed by atoms with E-state index in [0.717, 1.165) is 27.7 Å². The van der Waals surface area contributed by atoms with E-state index in [-0.39, 0.29) is 0 Å². The molecule has 1 unspecified atom stereocenters. The zero-order chi connectivity index (χ0) is 90.5. The SMILES string of the molecule is CC(=O)N[C@H]1[C@H](O[C@H]2[C@H](O)[C@H](O[C@@H]3O[C@H](CO)[C@@H](O)[C@H](O)[C@H]3NC(C)=O)[C@@H](O[C@@H]3[C@@H](O)[C@H](O[C@H]4[C@H](O)[C@@H](NC(C)=O)[C@H](O[C@H]5[C@H](O)[C@@H](NC(C)=O)C(O)O[C@@H]5CO)O[C@@H]4CO)O[C@H](CO[C@H]4O[C@H](CO[C@H]5O[C@H](CO)[C@@H](O)[C@H](O)[C@@H]5O)[C@@H](O)[C@H](O[C@H]5O[C@H](CO)[C@@H](O)[C@H](O)[C@@H]5O)[C@@H]4O)[C@H]3O)O[C@@H]2CO)O[C@H](CO)[C@@H](O[C@@H]2O[C@H](CO)[C@H](O)[C@H](O)[C@H]2O)[C@@H]1O. The van der Waals surface area contributed by atoms with Crippen LogP contribution in [-0.2, 0) is 109 Å². The van der Waals surface area contributed by atoms with E-state index in [9.17, 15) is 162 Å². The summed E-state index contributed by atoms with van der Waals surface area (Å²) in [4.78, 5) is 51.3. The highest BCUT2D eigenvalue weighted by atomic mass is 16.8. The minimum atomic E-state index is -2.68. The van der Waals surface area contributed by atoms with Gasteiger partial charge in [-0.15, -0.1) is 0 Å². The number of amides is 4. The number of hydrogen-bond donors (Lipinski definition) is 32. The predicted octanol–water partition coefficient (Wildman–Crippen LogP) is -22.2. The van der Waals surface area contributed by atoms with Crippen molar-refractivity contribution in [3.8, 4) is 0 Å². The maximum Gasteiger partial charge on any atom is 0.217 e. The number of aliphatic hydroxyl groups is 28. The Balaban J connectivity index is 1.03. The van der Waals surface area contributed by atoms with Gasteiger partial charge >= 0.3 is 0 Å². The van der Waals surface area contributed by atoms with Gasteiger partial charge in [0, 0.05) is 27.7 Å². The van der Waals surface area contributed by atoms with Gasteiger partial charge in [-0.1, -0.05) is 0 Å². The first-order valence-corrected chi connectivity index (χ1v) is 39.1. The van der Waals surface area contributed by atoms with Crippen LogP contribution in [0.15, 0.2) is 0 Å². The number of ether oxygens (including phenoxy) is 19. The molecule has 0 aromatic rings. The van der Waals surface area contributed by atoms with E-state index in [0.29, 0.717) is 0 Å². The van der Waals surface area contributed by atoms with Crippen LogP contribution in [0.1, 0.15) is 27.7 Å². The number of carbonyl (C=O) groups excluding carboxylic acids is 4. The van der Waals surface area contributed by atoms with Crippen LogP contribution < -0.4 is 21.3 Å². The molecule has 0 aromatic heterocycles. The van der Waals surface area contributed by atoms with Crippen molar-refractivity contribution in [2.24, 2.45) is 0 Å². The predicted molar refractivity (Wildman–Crippen MR) is 376 cm³/mol. The maximum absolute atomic E-state index is 13.1. The lowest BCUT2D eigenvalue weighted by Gasteiger charge is -2.52. The number of aliphatic hydroxyl groups excluding tert-OH is 28. The summed E-state index contributed by atoms with van der Waals surface area (Å²) < 4.78 is 113.